The quantitative estimate of drug-likeness (QED) is 0.887. The Morgan fingerprint density at radius 3 is 2.35 bits per heavy atom. The van der Waals surface area contributed by atoms with Crippen LogP contribution < -0.4 is 5.32 Å². The van der Waals surface area contributed by atoms with Gasteiger partial charge in [-0.3, -0.25) is 4.79 Å². The summed E-state index contributed by atoms with van der Waals surface area (Å²) in [6.07, 6.45) is 1.87. The summed E-state index contributed by atoms with van der Waals surface area (Å²) in [6, 6.07) is 14.7. The highest BCUT2D eigenvalue weighted by molar-refractivity contribution is 5.96. The van der Waals surface area contributed by atoms with Gasteiger partial charge in [0.2, 0.25) is 0 Å². The molecule has 0 radical (unpaired) electrons. The van der Waals surface area contributed by atoms with E-state index in [0.717, 1.165) is 29.5 Å². The Morgan fingerprint density at radius 1 is 1.05 bits per heavy atom. The number of benzene rings is 2. The fourth-order valence-corrected chi connectivity index (χ4v) is 2.90. The molecule has 0 atom stereocenters. The van der Waals surface area contributed by atoms with Gasteiger partial charge in [0.15, 0.2) is 0 Å². The van der Waals surface area contributed by atoms with Gasteiger partial charge in [-0.25, -0.2) is 0 Å². The fourth-order valence-electron chi connectivity index (χ4n) is 2.90. The lowest BCUT2D eigenvalue weighted by atomic mass is 10.0. The average Bonchev–Trinajstić information content (AvgIpc) is 2.83. The highest BCUT2D eigenvalue weighted by atomic mass is 16.1. The summed E-state index contributed by atoms with van der Waals surface area (Å²) in [5.74, 6) is 0.0454. The molecule has 1 aliphatic rings. The second kappa shape index (κ2) is 5.12. The highest BCUT2D eigenvalue weighted by Gasteiger charge is 2.23. The minimum atomic E-state index is 0.0454. The summed E-state index contributed by atoms with van der Waals surface area (Å²) in [5.41, 5.74) is 5.66. The SMILES string of the molecule is Cc1ccc(C)c(C(=O)NC2Cc3ccccc3C2)c1. The monoisotopic (exact) mass is 265 g/mol. The van der Waals surface area contributed by atoms with Gasteiger partial charge in [-0.05, 0) is 49.4 Å². The Labute approximate surface area is 119 Å². The van der Waals surface area contributed by atoms with Crippen molar-refractivity contribution in [3.8, 4) is 0 Å². The van der Waals surface area contributed by atoms with Crippen molar-refractivity contribution >= 4 is 5.91 Å². The first-order chi connectivity index (χ1) is 9.63. The molecular weight excluding hydrogens is 246 g/mol. The Kier molecular flexibility index (Phi) is 3.31. The van der Waals surface area contributed by atoms with E-state index in [9.17, 15) is 4.79 Å². The zero-order chi connectivity index (χ0) is 14.1. The molecule has 0 saturated heterocycles. The van der Waals surface area contributed by atoms with Crippen LogP contribution >= 0.6 is 0 Å². The smallest absolute Gasteiger partial charge is 0.251 e. The van der Waals surface area contributed by atoms with Gasteiger partial charge in [-0.15, -0.1) is 0 Å². The van der Waals surface area contributed by atoms with Crippen LogP contribution in [0.25, 0.3) is 0 Å². The number of carbonyl (C=O) groups excluding carboxylic acids is 1. The van der Waals surface area contributed by atoms with Crippen LogP contribution in [0.1, 0.15) is 32.6 Å². The second-order valence-corrected chi connectivity index (χ2v) is 5.67. The molecule has 3 rings (SSSR count). The van der Waals surface area contributed by atoms with E-state index in [2.05, 4.69) is 29.6 Å². The molecule has 0 bridgehead atoms. The number of rotatable bonds is 2. The predicted molar refractivity (Wildman–Crippen MR) is 81.0 cm³/mol. The molecule has 2 aromatic carbocycles. The van der Waals surface area contributed by atoms with E-state index in [4.69, 9.17) is 0 Å². The normalized spacial score (nSPS) is 14.1. The lowest BCUT2D eigenvalue weighted by molar-refractivity contribution is 0.0938. The van der Waals surface area contributed by atoms with Crippen molar-refractivity contribution in [1.82, 2.24) is 5.32 Å². The van der Waals surface area contributed by atoms with Crippen LogP contribution in [0.4, 0.5) is 0 Å². The summed E-state index contributed by atoms with van der Waals surface area (Å²) >= 11 is 0. The summed E-state index contributed by atoms with van der Waals surface area (Å²) in [5, 5.41) is 3.17. The topological polar surface area (TPSA) is 29.1 Å². The largest absolute Gasteiger partial charge is 0.349 e. The molecule has 1 N–H and O–H groups in total. The van der Waals surface area contributed by atoms with Gasteiger partial charge in [-0.2, -0.15) is 0 Å². The van der Waals surface area contributed by atoms with E-state index in [1.807, 2.05) is 32.0 Å². The predicted octanol–water partition coefficient (Wildman–Crippen LogP) is 3.20. The molecule has 1 aliphatic carbocycles. The zero-order valence-electron chi connectivity index (χ0n) is 11.9. The van der Waals surface area contributed by atoms with E-state index >= 15 is 0 Å². The van der Waals surface area contributed by atoms with Crippen LogP contribution in [0.3, 0.4) is 0 Å². The molecular formula is C18H19NO. The van der Waals surface area contributed by atoms with Gasteiger partial charge in [0, 0.05) is 11.6 Å². The molecule has 0 saturated carbocycles. The van der Waals surface area contributed by atoms with E-state index in [1.165, 1.54) is 11.1 Å². The van der Waals surface area contributed by atoms with Crippen molar-refractivity contribution in [3.63, 3.8) is 0 Å². The lowest BCUT2D eigenvalue weighted by Crippen LogP contribution is -2.35. The molecule has 2 heteroatoms. The van der Waals surface area contributed by atoms with Crippen LogP contribution in [0.2, 0.25) is 0 Å². The van der Waals surface area contributed by atoms with Crippen molar-refractivity contribution in [1.29, 1.82) is 0 Å². The minimum Gasteiger partial charge on any atom is -0.349 e. The molecule has 2 aromatic rings. The summed E-state index contributed by atoms with van der Waals surface area (Å²) in [4.78, 5) is 12.4. The van der Waals surface area contributed by atoms with Gasteiger partial charge in [-0.1, -0.05) is 42.0 Å². The van der Waals surface area contributed by atoms with Crippen molar-refractivity contribution in [2.45, 2.75) is 32.7 Å². The van der Waals surface area contributed by atoms with Gasteiger partial charge >= 0.3 is 0 Å². The highest BCUT2D eigenvalue weighted by Crippen LogP contribution is 2.22. The number of amides is 1. The third kappa shape index (κ3) is 2.46. The maximum Gasteiger partial charge on any atom is 0.251 e. The minimum absolute atomic E-state index is 0.0454. The van der Waals surface area contributed by atoms with Crippen LogP contribution in [0, 0.1) is 13.8 Å². The van der Waals surface area contributed by atoms with E-state index in [0.29, 0.717) is 0 Å². The van der Waals surface area contributed by atoms with Gasteiger partial charge < -0.3 is 5.32 Å². The van der Waals surface area contributed by atoms with Crippen LogP contribution in [-0.2, 0) is 12.8 Å². The number of fused-ring (bicyclic) bond motifs is 1. The van der Waals surface area contributed by atoms with Crippen molar-refractivity contribution in [2.24, 2.45) is 0 Å². The van der Waals surface area contributed by atoms with Crippen molar-refractivity contribution in [2.75, 3.05) is 0 Å². The number of aryl methyl sites for hydroxylation is 2. The second-order valence-electron chi connectivity index (χ2n) is 5.67. The Balaban J connectivity index is 1.74. The maximum absolute atomic E-state index is 12.4. The van der Waals surface area contributed by atoms with Crippen LogP contribution in [0.5, 0.6) is 0 Å². The van der Waals surface area contributed by atoms with Crippen LogP contribution in [-0.4, -0.2) is 11.9 Å². The van der Waals surface area contributed by atoms with Crippen molar-refractivity contribution < 1.29 is 4.79 Å². The third-order valence-corrected chi connectivity index (χ3v) is 4.02. The number of nitrogens with one attached hydrogen (secondary N) is 1. The summed E-state index contributed by atoms with van der Waals surface area (Å²) < 4.78 is 0. The van der Waals surface area contributed by atoms with E-state index in [1.54, 1.807) is 0 Å². The number of hydrogen-bond donors (Lipinski definition) is 1. The number of hydrogen-bond acceptors (Lipinski definition) is 1. The molecule has 0 aliphatic heterocycles. The van der Waals surface area contributed by atoms with Crippen molar-refractivity contribution in [3.05, 3.63) is 70.3 Å². The summed E-state index contributed by atoms with van der Waals surface area (Å²) in [6.45, 7) is 4.00. The zero-order valence-corrected chi connectivity index (χ0v) is 11.9. The van der Waals surface area contributed by atoms with E-state index in [-0.39, 0.29) is 11.9 Å². The van der Waals surface area contributed by atoms with Crippen LogP contribution in [0.15, 0.2) is 42.5 Å². The Bertz CT molecular complexity index is 635. The first-order valence-corrected chi connectivity index (χ1v) is 7.08. The third-order valence-electron chi connectivity index (χ3n) is 4.02. The molecule has 0 fully saturated rings. The molecule has 2 nitrogen and oxygen atoms in total. The first kappa shape index (κ1) is 12.9. The molecule has 1 amide bonds. The molecule has 0 unspecified atom stereocenters. The molecule has 102 valence electrons. The standard InChI is InChI=1S/C18H19NO/c1-12-7-8-13(2)17(9-12)18(20)19-16-10-14-5-3-4-6-15(14)11-16/h3-9,16H,10-11H2,1-2H3,(H,19,20). The van der Waals surface area contributed by atoms with Gasteiger partial charge in [0.25, 0.3) is 5.91 Å². The molecule has 0 spiro atoms. The van der Waals surface area contributed by atoms with E-state index < -0.39 is 0 Å². The lowest BCUT2D eigenvalue weighted by Gasteiger charge is -2.14. The van der Waals surface area contributed by atoms with Gasteiger partial charge in [0.05, 0.1) is 0 Å². The Hall–Kier alpha value is -2.09. The number of carbonyl (C=O) groups is 1. The molecule has 0 aromatic heterocycles. The molecule has 20 heavy (non-hydrogen) atoms. The maximum atomic E-state index is 12.4. The fraction of sp³-hybridized carbons (Fsp3) is 0.278. The Morgan fingerprint density at radius 2 is 1.70 bits per heavy atom. The molecule has 0 heterocycles. The summed E-state index contributed by atoms with van der Waals surface area (Å²) in [7, 11) is 0. The van der Waals surface area contributed by atoms with Gasteiger partial charge in [0.1, 0.15) is 0 Å². The first-order valence-electron chi connectivity index (χ1n) is 7.08. The average molecular weight is 265 g/mol.